The first-order chi connectivity index (χ1) is 6.92. The Kier molecular flexibility index (Phi) is 3.01. The maximum absolute atomic E-state index is 8.97. The van der Waals surface area contributed by atoms with Crippen molar-refractivity contribution in [1.29, 1.82) is 0 Å². The zero-order valence-electron chi connectivity index (χ0n) is 8.24. The van der Waals surface area contributed by atoms with Crippen molar-refractivity contribution in [1.82, 2.24) is 5.32 Å². The Hall–Kier alpha value is -1.06. The minimum atomic E-state index is 0.217. The van der Waals surface area contributed by atoms with Gasteiger partial charge in [-0.15, -0.1) is 0 Å². The molecule has 0 saturated heterocycles. The van der Waals surface area contributed by atoms with Crippen LogP contribution in [0.5, 0.6) is 0 Å². The minimum Gasteiger partial charge on any atom is -0.395 e. The van der Waals surface area contributed by atoms with Gasteiger partial charge in [0.15, 0.2) is 0 Å². The summed E-state index contributed by atoms with van der Waals surface area (Å²) in [6, 6.07) is 8.37. The maximum Gasteiger partial charge on any atom is 0.0606 e. The number of anilines is 1. The predicted molar refractivity (Wildman–Crippen MR) is 57.4 cm³/mol. The number of aliphatic hydroxyl groups excluding tert-OH is 1. The van der Waals surface area contributed by atoms with Crippen LogP contribution >= 0.6 is 0 Å². The van der Waals surface area contributed by atoms with Gasteiger partial charge in [-0.25, -0.2) is 0 Å². The number of nitrogens with zero attached hydrogens (tertiary/aromatic N) is 1. The lowest BCUT2D eigenvalue weighted by molar-refractivity contribution is 0.302. The molecule has 2 N–H and O–H groups in total. The minimum absolute atomic E-state index is 0.217. The standard InChI is InChI=1S/C11H16N2O/c14-8-7-13-6-5-12-9-10-3-1-2-4-11(10)13/h1-4,12,14H,5-9H2. The molecule has 3 nitrogen and oxygen atoms in total. The van der Waals surface area contributed by atoms with Crippen LogP contribution in [-0.2, 0) is 6.54 Å². The molecule has 0 aliphatic carbocycles. The van der Waals surface area contributed by atoms with E-state index in [0.717, 1.165) is 26.2 Å². The van der Waals surface area contributed by atoms with E-state index in [1.54, 1.807) is 0 Å². The van der Waals surface area contributed by atoms with E-state index in [2.05, 4.69) is 34.5 Å². The molecular formula is C11H16N2O. The lowest BCUT2D eigenvalue weighted by Gasteiger charge is -2.23. The van der Waals surface area contributed by atoms with E-state index in [0.29, 0.717) is 0 Å². The van der Waals surface area contributed by atoms with Crippen LogP contribution in [-0.4, -0.2) is 31.3 Å². The third-order valence-electron chi connectivity index (χ3n) is 2.58. The Morgan fingerprint density at radius 3 is 3.07 bits per heavy atom. The van der Waals surface area contributed by atoms with Crippen molar-refractivity contribution in [2.75, 3.05) is 31.1 Å². The van der Waals surface area contributed by atoms with Gasteiger partial charge in [-0.3, -0.25) is 0 Å². The first-order valence-electron chi connectivity index (χ1n) is 5.06. The number of β-amino-alcohol motifs (C(OH)–C–C–N with tert-alkyl or cyclic N) is 1. The van der Waals surface area contributed by atoms with Gasteiger partial charge in [0.25, 0.3) is 0 Å². The number of hydrogen-bond donors (Lipinski definition) is 2. The molecule has 0 fully saturated rings. The molecule has 0 aromatic heterocycles. The number of hydrogen-bond acceptors (Lipinski definition) is 3. The predicted octanol–water partition coefficient (Wildman–Crippen LogP) is 0.588. The largest absolute Gasteiger partial charge is 0.395 e. The van der Waals surface area contributed by atoms with Gasteiger partial charge in [-0.05, 0) is 11.6 Å². The monoisotopic (exact) mass is 192 g/mol. The van der Waals surface area contributed by atoms with E-state index in [-0.39, 0.29) is 6.61 Å². The molecule has 14 heavy (non-hydrogen) atoms. The van der Waals surface area contributed by atoms with Crippen molar-refractivity contribution in [3.05, 3.63) is 29.8 Å². The Bertz CT molecular complexity index is 301. The van der Waals surface area contributed by atoms with Crippen LogP contribution in [0.1, 0.15) is 5.56 Å². The summed E-state index contributed by atoms with van der Waals surface area (Å²) >= 11 is 0. The molecule has 1 aliphatic rings. The van der Waals surface area contributed by atoms with Crippen LogP contribution in [0.15, 0.2) is 24.3 Å². The smallest absolute Gasteiger partial charge is 0.0606 e. The van der Waals surface area contributed by atoms with Gasteiger partial charge < -0.3 is 15.3 Å². The van der Waals surface area contributed by atoms with Crippen LogP contribution in [0.25, 0.3) is 0 Å². The number of para-hydroxylation sites is 1. The van der Waals surface area contributed by atoms with E-state index in [9.17, 15) is 0 Å². The molecule has 1 heterocycles. The molecule has 1 aliphatic heterocycles. The van der Waals surface area contributed by atoms with Crippen LogP contribution in [0, 0.1) is 0 Å². The second-order valence-electron chi connectivity index (χ2n) is 3.52. The summed E-state index contributed by atoms with van der Waals surface area (Å²) in [5.74, 6) is 0. The fourth-order valence-corrected chi connectivity index (χ4v) is 1.88. The van der Waals surface area contributed by atoms with Crippen molar-refractivity contribution in [2.24, 2.45) is 0 Å². The summed E-state index contributed by atoms with van der Waals surface area (Å²) in [5, 5.41) is 12.3. The topological polar surface area (TPSA) is 35.5 Å². The van der Waals surface area contributed by atoms with Gasteiger partial charge in [0.05, 0.1) is 6.61 Å². The van der Waals surface area contributed by atoms with Crippen LogP contribution in [0.4, 0.5) is 5.69 Å². The van der Waals surface area contributed by atoms with Gasteiger partial charge in [-0.1, -0.05) is 18.2 Å². The normalized spacial score (nSPS) is 16.2. The third-order valence-corrected chi connectivity index (χ3v) is 2.58. The van der Waals surface area contributed by atoms with E-state index < -0.39 is 0 Å². The molecule has 0 saturated carbocycles. The zero-order chi connectivity index (χ0) is 9.80. The Morgan fingerprint density at radius 2 is 2.21 bits per heavy atom. The molecule has 0 unspecified atom stereocenters. The van der Waals surface area contributed by atoms with Gasteiger partial charge in [0, 0.05) is 31.9 Å². The highest BCUT2D eigenvalue weighted by Crippen LogP contribution is 2.21. The fourth-order valence-electron chi connectivity index (χ4n) is 1.88. The average Bonchev–Trinajstić information content (AvgIpc) is 2.42. The number of benzene rings is 1. The van der Waals surface area contributed by atoms with E-state index in [1.807, 2.05) is 0 Å². The molecular weight excluding hydrogens is 176 g/mol. The van der Waals surface area contributed by atoms with Crippen molar-refractivity contribution in [3.8, 4) is 0 Å². The Balaban J connectivity index is 2.27. The molecule has 0 spiro atoms. The molecule has 1 aromatic carbocycles. The first kappa shape index (κ1) is 9.49. The fraction of sp³-hybridized carbons (Fsp3) is 0.455. The van der Waals surface area contributed by atoms with Gasteiger partial charge in [-0.2, -0.15) is 0 Å². The number of rotatable bonds is 2. The Morgan fingerprint density at radius 1 is 1.36 bits per heavy atom. The summed E-state index contributed by atoms with van der Waals surface area (Å²) in [4.78, 5) is 2.23. The Labute approximate surface area is 84.4 Å². The van der Waals surface area contributed by atoms with Crippen LogP contribution < -0.4 is 10.2 Å². The van der Waals surface area contributed by atoms with E-state index >= 15 is 0 Å². The lowest BCUT2D eigenvalue weighted by atomic mass is 10.1. The molecule has 0 bridgehead atoms. The molecule has 0 atom stereocenters. The second-order valence-corrected chi connectivity index (χ2v) is 3.52. The van der Waals surface area contributed by atoms with E-state index in [4.69, 9.17) is 5.11 Å². The van der Waals surface area contributed by atoms with Crippen LogP contribution in [0.3, 0.4) is 0 Å². The molecule has 2 rings (SSSR count). The summed E-state index contributed by atoms with van der Waals surface area (Å²) < 4.78 is 0. The third kappa shape index (κ3) is 1.89. The first-order valence-corrected chi connectivity index (χ1v) is 5.06. The number of fused-ring (bicyclic) bond motifs is 1. The molecule has 76 valence electrons. The van der Waals surface area contributed by atoms with E-state index in [1.165, 1.54) is 11.3 Å². The molecule has 1 aromatic rings. The SMILES string of the molecule is OCCN1CCNCc2ccccc21. The lowest BCUT2D eigenvalue weighted by Crippen LogP contribution is -2.31. The van der Waals surface area contributed by atoms with Crippen molar-refractivity contribution < 1.29 is 5.11 Å². The second kappa shape index (κ2) is 4.44. The van der Waals surface area contributed by atoms with Gasteiger partial charge in [0.1, 0.15) is 0 Å². The van der Waals surface area contributed by atoms with Crippen molar-refractivity contribution >= 4 is 5.69 Å². The zero-order valence-corrected chi connectivity index (χ0v) is 8.24. The van der Waals surface area contributed by atoms with Crippen molar-refractivity contribution in [2.45, 2.75) is 6.54 Å². The molecule has 0 amide bonds. The van der Waals surface area contributed by atoms with Crippen molar-refractivity contribution in [3.63, 3.8) is 0 Å². The maximum atomic E-state index is 8.97. The molecule has 3 heteroatoms. The number of aliphatic hydroxyl groups is 1. The summed E-state index contributed by atoms with van der Waals surface area (Å²) in [6.07, 6.45) is 0. The summed E-state index contributed by atoms with van der Waals surface area (Å²) in [5.41, 5.74) is 2.57. The van der Waals surface area contributed by atoms with Crippen LogP contribution in [0.2, 0.25) is 0 Å². The highest BCUT2D eigenvalue weighted by Gasteiger charge is 2.12. The van der Waals surface area contributed by atoms with Gasteiger partial charge in [0.2, 0.25) is 0 Å². The average molecular weight is 192 g/mol. The highest BCUT2D eigenvalue weighted by atomic mass is 16.3. The summed E-state index contributed by atoms with van der Waals surface area (Å²) in [7, 11) is 0. The van der Waals surface area contributed by atoms with Gasteiger partial charge >= 0.3 is 0 Å². The molecule has 0 radical (unpaired) electrons. The summed E-state index contributed by atoms with van der Waals surface area (Å²) in [6.45, 7) is 3.82. The number of nitrogens with one attached hydrogen (secondary N) is 1. The quantitative estimate of drug-likeness (QED) is 0.720. The highest BCUT2D eigenvalue weighted by molar-refractivity contribution is 5.54.